The molecule has 0 saturated carbocycles. The molecule has 1 saturated heterocycles. The van der Waals surface area contributed by atoms with Gasteiger partial charge in [0.05, 0.1) is 36.0 Å². The number of imidazole rings is 1. The van der Waals surface area contributed by atoms with Crippen LogP contribution in [0.2, 0.25) is 0 Å². The molecule has 2 aliphatic heterocycles. The van der Waals surface area contributed by atoms with Gasteiger partial charge < -0.3 is 19.7 Å². The van der Waals surface area contributed by atoms with Crippen molar-refractivity contribution in [3.05, 3.63) is 29.7 Å². The fraction of sp³-hybridized carbons (Fsp3) is 0.522. The number of aromatic nitrogens is 4. The third-order valence-corrected chi connectivity index (χ3v) is 7.32. The van der Waals surface area contributed by atoms with E-state index in [9.17, 15) is 12.8 Å². The molecule has 1 N–H and O–H groups in total. The lowest BCUT2D eigenvalue weighted by atomic mass is 10.1. The summed E-state index contributed by atoms with van der Waals surface area (Å²) in [6.45, 7) is 2.32. The monoisotopic (exact) mass is 504 g/mol. The van der Waals surface area contributed by atoms with Gasteiger partial charge in [-0.1, -0.05) is 6.42 Å². The molecular weight excluding hydrogens is 475 g/mol. The van der Waals surface area contributed by atoms with Crippen LogP contribution in [-0.4, -0.2) is 79.4 Å². The molecule has 0 spiro atoms. The lowest BCUT2D eigenvalue weighted by Crippen LogP contribution is -2.51. The highest BCUT2D eigenvalue weighted by Gasteiger charge is 2.34. The topological polar surface area (TPSA) is 111 Å². The Hall–Kier alpha value is -2.99. The van der Waals surface area contributed by atoms with Gasteiger partial charge in [-0.05, 0) is 31.4 Å². The molecule has 0 bridgehead atoms. The molecule has 0 unspecified atom stereocenters. The van der Waals surface area contributed by atoms with Crippen molar-refractivity contribution in [1.82, 2.24) is 19.5 Å². The number of hydrogen-bond acceptors (Lipinski definition) is 9. The first-order valence-electron chi connectivity index (χ1n) is 11.8. The molecule has 2 aromatic heterocycles. The number of halogens is 1. The Morgan fingerprint density at radius 1 is 1.17 bits per heavy atom. The summed E-state index contributed by atoms with van der Waals surface area (Å²) in [5.41, 5.74) is 1.93. The number of ether oxygens (including phenoxy) is 2. The largest absolute Gasteiger partial charge is 0.486 e. The highest BCUT2D eigenvalue weighted by Crippen LogP contribution is 2.38. The van der Waals surface area contributed by atoms with Gasteiger partial charge in [-0.2, -0.15) is 4.98 Å². The van der Waals surface area contributed by atoms with E-state index < -0.39 is 9.84 Å². The molecule has 35 heavy (non-hydrogen) atoms. The van der Waals surface area contributed by atoms with Crippen molar-refractivity contribution in [3.63, 3.8) is 0 Å². The number of sulfone groups is 1. The minimum atomic E-state index is -2.98. The quantitative estimate of drug-likeness (QED) is 0.462. The van der Waals surface area contributed by atoms with Crippen molar-refractivity contribution in [2.24, 2.45) is 0 Å². The Balaban J connectivity index is 1.55. The number of anilines is 2. The smallest absolute Gasteiger partial charge is 0.239 e. The van der Waals surface area contributed by atoms with Gasteiger partial charge in [0.15, 0.2) is 11.6 Å². The molecule has 2 aliphatic rings. The van der Waals surface area contributed by atoms with Crippen LogP contribution >= 0.6 is 0 Å². The summed E-state index contributed by atoms with van der Waals surface area (Å²) >= 11 is 0. The minimum Gasteiger partial charge on any atom is -0.486 e. The number of nitrogens with zero attached hydrogens (tertiary/aromatic N) is 5. The Labute approximate surface area is 203 Å². The van der Waals surface area contributed by atoms with Crippen molar-refractivity contribution in [2.45, 2.75) is 31.7 Å². The summed E-state index contributed by atoms with van der Waals surface area (Å²) in [7, 11) is -1.24. The minimum absolute atomic E-state index is 0.0577. The molecular formula is C23H29FN6O4S. The van der Waals surface area contributed by atoms with Crippen LogP contribution in [0.4, 0.5) is 16.2 Å². The molecule has 1 atom stereocenters. The maximum absolute atomic E-state index is 14.2. The number of hydrogen-bond donors (Lipinski definition) is 1. The molecule has 5 rings (SSSR count). The van der Waals surface area contributed by atoms with Crippen LogP contribution in [0.5, 0.6) is 5.75 Å². The molecule has 10 nitrogen and oxygen atoms in total. The molecule has 0 aliphatic carbocycles. The fourth-order valence-corrected chi connectivity index (χ4v) is 5.31. The highest BCUT2D eigenvalue weighted by molar-refractivity contribution is 7.90. The number of rotatable bonds is 8. The molecule has 3 aromatic rings. The Bertz CT molecular complexity index is 1350. The van der Waals surface area contributed by atoms with Crippen LogP contribution in [0.15, 0.2) is 18.2 Å². The summed E-state index contributed by atoms with van der Waals surface area (Å²) in [6.07, 6.45) is 3.96. The van der Waals surface area contributed by atoms with E-state index in [-0.39, 0.29) is 17.6 Å². The van der Waals surface area contributed by atoms with Gasteiger partial charge in [-0.15, -0.1) is 0 Å². The van der Waals surface area contributed by atoms with Gasteiger partial charge in [-0.25, -0.2) is 27.3 Å². The van der Waals surface area contributed by atoms with Crippen LogP contribution in [0.25, 0.3) is 17.0 Å². The Kier molecular flexibility index (Phi) is 6.49. The molecule has 4 heterocycles. The zero-order valence-electron chi connectivity index (χ0n) is 19.8. The van der Waals surface area contributed by atoms with Crippen molar-refractivity contribution in [1.29, 1.82) is 0 Å². The maximum atomic E-state index is 14.2. The van der Waals surface area contributed by atoms with Crippen molar-refractivity contribution >= 4 is 32.6 Å². The van der Waals surface area contributed by atoms with E-state index in [1.165, 1.54) is 18.4 Å². The van der Waals surface area contributed by atoms with Gasteiger partial charge in [-0.3, -0.25) is 0 Å². The normalized spacial score (nSPS) is 17.7. The highest BCUT2D eigenvalue weighted by atomic mass is 32.2. The summed E-state index contributed by atoms with van der Waals surface area (Å²) in [6, 6.07) is 4.48. The standard InChI is InChI=1S/C23H29FN6O4S/c1-25-22-26-17-8-7-15(24)12-19(17)30(22)23-27-18(6-4-3-5-11-35(2,31)32)20-21(28-23)29-9-10-33-13-16(29)14-34-20/h7-8,12,16H,3-6,9-11,13-14H2,1-2H3,(H,25,26)/t16-/m0/s1. The molecule has 1 aromatic carbocycles. The summed E-state index contributed by atoms with van der Waals surface area (Å²) < 4.78 is 50.6. The molecule has 0 radical (unpaired) electrons. The average molecular weight is 505 g/mol. The Morgan fingerprint density at radius 2 is 2.03 bits per heavy atom. The predicted octanol–water partition coefficient (Wildman–Crippen LogP) is 2.35. The van der Waals surface area contributed by atoms with E-state index in [4.69, 9.17) is 19.4 Å². The van der Waals surface area contributed by atoms with E-state index in [0.29, 0.717) is 73.7 Å². The molecule has 188 valence electrons. The first kappa shape index (κ1) is 23.7. The number of morpholine rings is 1. The summed E-state index contributed by atoms with van der Waals surface area (Å²) in [5.74, 6) is 2.02. The predicted molar refractivity (Wildman–Crippen MR) is 131 cm³/mol. The summed E-state index contributed by atoms with van der Waals surface area (Å²) in [4.78, 5) is 16.5. The molecule has 1 fully saturated rings. The van der Waals surface area contributed by atoms with Crippen molar-refractivity contribution in [3.8, 4) is 11.7 Å². The van der Waals surface area contributed by atoms with Gasteiger partial charge in [0.1, 0.15) is 22.3 Å². The number of unbranched alkanes of at least 4 members (excludes halogenated alkanes) is 2. The first-order valence-corrected chi connectivity index (χ1v) is 13.8. The van der Waals surface area contributed by atoms with E-state index in [1.54, 1.807) is 17.7 Å². The van der Waals surface area contributed by atoms with Gasteiger partial charge in [0.2, 0.25) is 11.9 Å². The van der Waals surface area contributed by atoms with E-state index in [0.717, 1.165) is 18.5 Å². The maximum Gasteiger partial charge on any atom is 0.239 e. The molecule has 12 heteroatoms. The number of aryl methyl sites for hydroxylation is 1. The Morgan fingerprint density at radius 3 is 2.83 bits per heavy atom. The van der Waals surface area contributed by atoms with Gasteiger partial charge >= 0.3 is 0 Å². The van der Waals surface area contributed by atoms with E-state index in [1.807, 2.05) is 0 Å². The second-order valence-corrected chi connectivity index (χ2v) is 11.2. The van der Waals surface area contributed by atoms with Crippen LogP contribution in [0, 0.1) is 5.82 Å². The number of nitrogens with one attached hydrogen (secondary N) is 1. The van der Waals surface area contributed by atoms with Crippen LogP contribution in [0.3, 0.4) is 0 Å². The van der Waals surface area contributed by atoms with Crippen LogP contribution in [0.1, 0.15) is 25.0 Å². The average Bonchev–Trinajstić information content (AvgIpc) is 3.20. The van der Waals surface area contributed by atoms with Gasteiger partial charge in [0, 0.05) is 31.7 Å². The van der Waals surface area contributed by atoms with Gasteiger partial charge in [0.25, 0.3) is 0 Å². The number of benzene rings is 1. The number of fused-ring (bicyclic) bond motifs is 4. The zero-order valence-corrected chi connectivity index (χ0v) is 20.6. The third kappa shape index (κ3) is 4.90. The van der Waals surface area contributed by atoms with Crippen LogP contribution in [-0.2, 0) is 21.0 Å². The second-order valence-electron chi connectivity index (χ2n) is 8.95. The lowest BCUT2D eigenvalue weighted by Gasteiger charge is -2.40. The SMILES string of the molecule is CNc1nc2ccc(F)cc2n1-c1nc(CCCCCS(C)(=O)=O)c2c(n1)N1CCOC[C@H]1CO2. The van der Waals surface area contributed by atoms with Crippen molar-refractivity contribution < 1.29 is 22.3 Å². The third-order valence-electron chi connectivity index (χ3n) is 6.29. The van der Waals surface area contributed by atoms with E-state index in [2.05, 4.69) is 15.2 Å². The second kappa shape index (κ2) is 9.57. The first-order chi connectivity index (χ1) is 16.8. The molecule has 0 amide bonds. The summed E-state index contributed by atoms with van der Waals surface area (Å²) in [5, 5.41) is 3.06. The van der Waals surface area contributed by atoms with E-state index >= 15 is 0 Å². The van der Waals surface area contributed by atoms with Crippen molar-refractivity contribution in [2.75, 3.05) is 55.6 Å². The fourth-order valence-electron chi connectivity index (χ4n) is 4.59. The zero-order chi connectivity index (χ0) is 24.6. The van der Waals surface area contributed by atoms with Crippen LogP contribution < -0.4 is 15.0 Å². The lowest BCUT2D eigenvalue weighted by molar-refractivity contribution is 0.0692.